The number of amides is 1. The standard InChI is InChI=1S/C10H13N3O3/c1-2-9(11)10(14)12-7-3-5-8(6-4-7)13(15)16/h3-6,9H,2,11H2,1H3,(H,12,14)/t9-/m0/s1. The third kappa shape index (κ3) is 3.03. The molecule has 1 atom stereocenters. The lowest BCUT2D eigenvalue weighted by Gasteiger charge is -2.09. The van der Waals surface area contributed by atoms with Crippen molar-refractivity contribution in [2.24, 2.45) is 5.73 Å². The van der Waals surface area contributed by atoms with E-state index in [-0.39, 0.29) is 11.6 Å². The number of nitrogens with one attached hydrogen (secondary N) is 1. The fourth-order valence-electron chi connectivity index (χ4n) is 1.09. The van der Waals surface area contributed by atoms with Crippen LogP contribution in [0.25, 0.3) is 0 Å². The number of nitro groups is 1. The molecule has 1 aromatic carbocycles. The Labute approximate surface area is 92.6 Å². The maximum atomic E-state index is 11.4. The van der Waals surface area contributed by atoms with Gasteiger partial charge in [0.2, 0.25) is 5.91 Å². The molecule has 6 nitrogen and oxygen atoms in total. The van der Waals surface area contributed by atoms with Gasteiger partial charge in [-0.05, 0) is 18.6 Å². The van der Waals surface area contributed by atoms with E-state index >= 15 is 0 Å². The molecule has 1 amide bonds. The molecule has 1 rings (SSSR count). The summed E-state index contributed by atoms with van der Waals surface area (Å²) in [5, 5.41) is 13.0. The average Bonchev–Trinajstić information content (AvgIpc) is 2.28. The number of carbonyl (C=O) groups excluding carboxylic acids is 1. The van der Waals surface area contributed by atoms with Crippen LogP contribution in [0.15, 0.2) is 24.3 Å². The van der Waals surface area contributed by atoms with E-state index in [0.29, 0.717) is 12.1 Å². The predicted molar refractivity (Wildman–Crippen MR) is 60.0 cm³/mol. The minimum Gasteiger partial charge on any atom is -0.325 e. The highest BCUT2D eigenvalue weighted by molar-refractivity contribution is 5.94. The molecule has 0 bridgehead atoms. The van der Waals surface area contributed by atoms with E-state index in [4.69, 9.17) is 5.73 Å². The van der Waals surface area contributed by atoms with Crippen molar-refractivity contribution in [3.8, 4) is 0 Å². The van der Waals surface area contributed by atoms with E-state index in [1.165, 1.54) is 24.3 Å². The molecule has 0 unspecified atom stereocenters. The van der Waals surface area contributed by atoms with Crippen LogP contribution < -0.4 is 11.1 Å². The summed E-state index contributed by atoms with van der Waals surface area (Å²) in [6, 6.07) is 5.03. The summed E-state index contributed by atoms with van der Waals surface area (Å²) in [7, 11) is 0. The second kappa shape index (κ2) is 5.22. The highest BCUT2D eigenvalue weighted by atomic mass is 16.6. The molecule has 3 N–H and O–H groups in total. The molecule has 0 spiro atoms. The van der Waals surface area contributed by atoms with E-state index in [0.717, 1.165) is 0 Å². The Bertz CT molecular complexity index is 389. The fourth-order valence-corrected chi connectivity index (χ4v) is 1.09. The normalized spacial score (nSPS) is 11.9. The van der Waals surface area contributed by atoms with Gasteiger partial charge in [0.1, 0.15) is 0 Å². The van der Waals surface area contributed by atoms with E-state index in [1.807, 2.05) is 0 Å². The maximum Gasteiger partial charge on any atom is 0.269 e. The van der Waals surface area contributed by atoms with Gasteiger partial charge in [-0.2, -0.15) is 0 Å². The molecule has 86 valence electrons. The lowest BCUT2D eigenvalue weighted by molar-refractivity contribution is -0.384. The number of rotatable bonds is 4. The first-order chi connectivity index (χ1) is 7.54. The number of nitrogens with zero attached hydrogens (tertiary/aromatic N) is 1. The quantitative estimate of drug-likeness (QED) is 0.593. The van der Waals surface area contributed by atoms with Crippen molar-refractivity contribution in [2.45, 2.75) is 19.4 Å². The Hall–Kier alpha value is -1.95. The number of anilines is 1. The van der Waals surface area contributed by atoms with Gasteiger partial charge in [-0.15, -0.1) is 0 Å². The summed E-state index contributed by atoms with van der Waals surface area (Å²) in [5.74, 6) is -0.295. The molecule has 0 aromatic heterocycles. The van der Waals surface area contributed by atoms with Gasteiger partial charge in [-0.3, -0.25) is 14.9 Å². The fraction of sp³-hybridized carbons (Fsp3) is 0.300. The predicted octanol–water partition coefficient (Wildman–Crippen LogP) is 1.27. The summed E-state index contributed by atoms with van der Waals surface area (Å²) in [4.78, 5) is 21.3. The second-order valence-electron chi connectivity index (χ2n) is 3.31. The first-order valence-corrected chi connectivity index (χ1v) is 4.85. The summed E-state index contributed by atoms with van der Waals surface area (Å²) in [6.45, 7) is 1.81. The minimum absolute atomic E-state index is 0.0159. The van der Waals surface area contributed by atoms with Gasteiger partial charge < -0.3 is 11.1 Å². The van der Waals surface area contributed by atoms with Crippen LogP contribution in [0.5, 0.6) is 0 Å². The highest BCUT2D eigenvalue weighted by Gasteiger charge is 2.11. The number of non-ortho nitro benzene ring substituents is 1. The van der Waals surface area contributed by atoms with Crippen LogP contribution in [0.2, 0.25) is 0 Å². The second-order valence-corrected chi connectivity index (χ2v) is 3.31. The zero-order valence-corrected chi connectivity index (χ0v) is 8.84. The lowest BCUT2D eigenvalue weighted by Crippen LogP contribution is -2.34. The monoisotopic (exact) mass is 223 g/mol. The highest BCUT2D eigenvalue weighted by Crippen LogP contribution is 2.15. The largest absolute Gasteiger partial charge is 0.325 e. The Morgan fingerprint density at radius 1 is 1.50 bits per heavy atom. The molecule has 1 aromatic rings. The van der Waals surface area contributed by atoms with E-state index < -0.39 is 11.0 Å². The smallest absolute Gasteiger partial charge is 0.269 e. The van der Waals surface area contributed by atoms with Crippen molar-refractivity contribution in [1.29, 1.82) is 0 Å². The van der Waals surface area contributed by atoms with Crippen molar-refractivity contribution in [1.82, 2.24) is 0 Å². The molecular weight excluding hydrogens is 210 g/mol. The van der Waals surface area contributed by atoms with Gasteiger partial charge >= 0.3 is 0 Å². The van der Waals surface area contributed by atoms with Crippen molar-refractivity contribution in [2.75, 3.05) is 5.32 Å². The number of hydrogen-bond acceptors (Lipinski definition) is 4. The molecule has 16 heavy (non-hydrogen) atoms. The van der Waals surface area contributed by atoms with Gasteiger partial charge in [0.15, 0.2) is 0 Å². The summed E-state index contributed by atoms with van der Waals surface area (Å²) in [6.07, 6.45) is 0.540. The summed E-state index contributed by atoms with van der Waals surface area (Å²) in [5.41, 5.74) is 6.01. The Morgan fingerprint density at radius 2 is 2.06 bits per heavy atom. The van der Waals surface area contributed by atoms with Crippen LogP contribution in [-0.2, 0) is 4.79 Å². The van der Waals surface area contributed by atoms with Crippen LogP contribution >= 0.6 is 0 Å². The third-order valence-electron chi connectivity index (χ3n) is 2.12. The van der Waals surface area contributed by atoms with Crippen LogP contribution in [0.4, 0.5) is 11.4 Å². The average molecular weight is 223 g/mol. The first-order valence-electron chi connectivity index (χ1n) is 4.85. The van der Waals surface area contributed by atoms with Gasteiger partial charge in [0.25, 0.3) is 5.69 Å². The SMILES string of the molecule is CC[C@H](N)C(=O)Nc1ccc([N+](=O)[O-])cc1. The Kier molecular flexibility index (Phi) is 3.96. The summed E-state index contributed by atoms with van der Waals surface area (Å²) < 4.78 is 0. The number of benzene rings is 1. The van der Waals surface area contributed by atoms with Gasteiger partial charge in [0.05, 0.1) is 11.0 Å². The number of hydrogen-bond donors (Lipinski definition) is 2. The topological polar surface area (TPSA) is 98.3 Å². The van der Waals surface area contributed by atoms with Crippen LogP contribution in [0.1, 0.15) is 13.3 Å². The van der Waals surface area contributed by atoms with Crippen molar-refractivity contribution >= 4 is 17.3 Å². The molecule has 0 saturated carbocycles. The van der Waals surface area contributed by atoms with Crippen molar-refractivity contribution in [3.05, 3.63) is 34.4 Å². The van der Waals surface area contributed by atoms with Gasteiger partial charge in [-0.1, -0.05) is 6.92 Å². The van der Waals surface area contributed by atoms with E-state index in [2.05, 4.69) is 5.32 Å². The molecule has 6 heteroatoms. The molecule has 0 fully saturated rings. The summed E-state index contributed by atoms with van der Waals surface area (Å²) >= 11 is 0. The van der Waals surface area contributed by atoms with Crippen LogP contribution in [-0.4, -0.2) is 16.9 Å². The molecule has 0 radical (unpaired) electrons. The van der Waals surface area contributed by atoms with E-state index in [1.54, 1.807) is 6.92 Å². The first kappa shape index (κ1) is 12.1. The minimum atomic E-state index is -0.560. The van der Waals surface area contributed by atoms with Crippen LogP contribution in [0.3, 0.4) is 0 Å². The van der Waals surface area contributed by atoms with Crippen molar-refractivity contribution < 1.29 is 9.72 Å². The number of nitro benzene ring substituents is 1. The van der Waals surface area contributed by atoms with Gasteiger partial charge in [-0.25, -0.2) is 0 Å². The molecule has 0 aliphatic rings. The zero-order valence-electron chi connectivity index (χ0n) is 8.84. The number of carbonyl (C=O) groups is 1. The van der Waals surface area contributed by atoms with Gasteiger partial charge in [0, 0.05) is 17.8 Å². The van der Waals surface area contributed by atoms with Crippen molar-refractivity contribution in [3.63, 3.8) is 0 Å². The third-order valence-corrected chi connectivity index (χ3v) is 2.12. The molecular formula is C10H13N3O3. The Balaban J connectivity index is 2.69. The molecule has 0 aliphatic heterocycles. The number of nitrogens with two attached hydrogens (primary N) is 1. The molecule has 0 aliphatic carbocycles. The van der Waals surface area contributed by atoms with E-state index in [9.17, 15) is 14.9 Å². The molecule has 0 heterocycles. The van der Waals surface area contributed by atoms with Crippen LogP contribution in [0, 0.1) is 10.1 Å². The maximum absolute atomic E-state index is 11.4. The lowest BCUT2D eigenvalue weighted by atomic mass is 10.2. The molecule has 0 saturated heterocycles. The zero-order chi connectivity index (χ0) is 12.1. The Morgan fingerprint density at radius 3 is 2.50 bits per heavy atom.